The van der Waals surface area contributed by atoms with Crippen LogP contribution in [0.15, 0.2) is 97.2 Å². The van der Waals surface area contributed by atoms with Crippen LogP contribution in [0.4, 0.5) is 4.39 Å². The zero-order chi connectivity index (χ0) is 23.8. The highest BCUT2D eigenvalue weighted by atomic mass is 19.1. The van der Waals surface area contributed by atoms with Crippen molar-refractivity contribution >= 4 is 5.91 Å². The number of hydrogen-bond acceptors (Lipinski definition) is 2. The highest BCUT2D eigenvalue weighted by Crippen LogP contribution is 2.21. The molecule has 3 aromatic carbocycles. The molecule has 0 saturated heterocycles. The maximum absolute atomic E-state index is 13.5. The lowest BCUT2D eigenvalue weighted by molar-refractivity contribution is 0.0720. The van der Waals surface area contributed by atoms with Crippen LogP contribution in [0.1, 0.15) is 28.0 Å². The normalized spacial score (nSPS) is 10.9. The molecule has 5 heteroatoms. The lowest BCUT2D eigenvalue weighted by atomic mass is 10.0. The van der Waals surface area contributed by atoms with Crippen molar-refractivity contribution in [3.63, 3.8) is 0 Å². The number of rotatable bonds is 10. The lowest BCUT2D eigenvalue weighted by Gasteiger charge is -2.24. The number of methoxy groups -OCH3 is 1. The Morgan fingerprint density at radius 1 is 0.882 bits per heavy atom. The molecule has 0 bridgehead atoms. The largest absolute Gasteiger partial charge is 0.385 e. The number of carbonyl (C=O) groups is 1. The monoisotopic (exact) mass is 456 g/mol. The molecule has 0 spiro atoms. The first-order valence-corrected chi connectivity index (χ1v) is 11.5. The van der Waals surface area contributed by atoms with E-state index in [1.54, 1.807) is 19.2 Å². The quantitative estimate of drug-likeness (QED) is 0.274. The average molecular weight is 457 g/mol. The molecule has 1 amide bonds. The van der Waals surface area contributed by atoms with Gasteiger partial charge in [-0.3, -0.25) is 4.79 Å². The predicted octanol–water partition coefficient (Wildman–Crippen LogP) is 6.02. The number of aromatic nitrogens is 1. The molecular formula is C29H29FN2O2. The van der Waals surface area contributed by atoms with Crippen LogP contribution in [0.3, 0.4) is 0 Å². The highest BCUT2D eigenvalue weighted by Gasteiger charge is 2.18. The van der Waals surface area contributed by atoms with Crippen molar-refractivity contribution in [1.29, 1.82) is 0 Å². The summed E-state index contributed by atoms with van der Waals surface area (Å²) in [5.41, 5.74) is 4.89. The Morgan fingerprint density at radius 3 is 2.29 bits per heavy atom. The van der Waals surface area contributed by atoms with Gasteiger partial charge in [0.25, 0.3) is 5.91 Å². The molecule has 0 atom stereocenters. The Labute approximate surface area is 200 Å². The van der Waals surface area contributed by atoms with Crippen LogP contribution in [0, 0.1) is 5.82 Å². The third kappa shape index (κ3) is 6.00. The SMILES string of the molecule is COCCCN(Cc1cccn1Cc1ccc(F)cc1)C(=O)c1ccc(-c2ccccc2)cc1. The molecule has 174 valence electrons. The Hall–Kier alpha value is -3.70. The summed E-state index contributed by atoms with van der Waals surface area (Å²) >= 11 is 0. The summed E-state index contributed by atoms with van der Waals surface area (Å²) in [6, 6.07) is 28.4. The van der Waals surface area contributed by atoms with E-state index < -0.39 is 0 Å². The Morgan fingerprint density at radius 2 is 1.59 bits per heavy atom. The number of hydrogen-bond donors (Lipinski definition) is 0. The van der Waals surface area contributed by atoms with Crippen LogP contribution < -0.4 is 0 Å². The number of halogens is 1. The number of carbonyl (C=O) groups excluding carboxylic acids is 1. The summed E-state index contributed by atoms with van der Waals surface area (Å²) in [5.74, 6) is -0.255. The number of amides is 1. The van der Waals surface area contributed by atoms with Gasteiger partial charge in [0.15, 0.2) is 0 Å². The minimum absolute atomic E-state index is 0.00903. The summed E-state index contributed by atoms with van der Waals surface area (Å²) in [7, 11) is 1.67. The summed E-state index contributed by atoms with van der Waals surface area (Å²) in [4.78, 5) is 15.3. The van der Waals surface area contributed by atoms with Gasteiger partial charge < -0.3 is 14.2 Å². The van der Waals surface area contributed by atoms with E-state index in [2.05, 4.69) is 16.7 Å². The summed E-state index contributed by atoms with van der Waals surface area (Å²) in [5, 5.41) is 0. The van der Waals surface area contributed by atoms with Gasteiger partial charge in [-0.15, -0.1) is 0 Å². The second kappa shape index (κ2) is 11.4. The molecule has 0 N–H and O–H groups in total. The molecule has 1 heterocycles. The first-order valence-electron chi connectivity index (χ1n) is 11.5. The Kier molecular flexibility index (Phi) is 7.89. The smallest absolute Gasteiger partial charge is 0.254 e. The van der Waals surface area contributed by atoms with Gasteiger partial charge in [0, 0.05) is 44.3 Å². The van der Waals surface area contributed by atoms with Crippen LogP contribution in [0.25, 0.3) is 11.1 Å². The molecule has 0 aliphatic heterocycles. The highest BCUT2D eigenvalue weighted by molar-refractivity contribution is 5.94. The van der Waals surface area contributed by atoms with E-state index in [0.717, 1.165) is 28.8 Å². The topological polar surface area (TPSA) is 34.5 Å². The van der Waals surface area contributed by atoms with Crippen molar-refractivity contribution in [3.8, 4) is 11.1 Å². The van der Waals surface area contributed by atoms with Crippen molar-refractivity contribution in [3.05, 3.63) is 120 Å². The standard InChI is InChI=1S/C29H29FN2O2/c1-34-20-6-19-32(22-28-9-5-18-31(28)21-23-10-16-27(30)17-11-23)29(33)26-14-12-25(13-15-26)24-7-3-2-4-8-24/h2-5,7-18H,6,19-22H2,1H3. The molecule has 0 aliphatic carbocycles. The molecule has 4 nitrogen and oxygen atoms in total. The maximum Gasteiger partial charge on any atom is 0.254 e. The van der Waals surface area contributed by atoms with E-state index in [1.165, 1.54) is 12.1 Å². The first-order chi connectivity index (χ1) is 16.6. The predicted molar refractivity (Wildman–Crippen MR) is 133 cm³/mol. The summed E-state index contributed by atoms with van der Waals surface area (Å²) in [6.07, 6.45) is 2.74. The number of benzene rings is 3. The van der Waals surface area contributed by atoms with Gasteiger partial charge in [-0.25, -0.2) is 4.39 Å². The van der Waals surface area contributed by atoms with E-state index in [9.17, 15) is 9.18 Å². The molecule has 1 aromatic heterocycles. The van der Waals surface area contributed by atoms with Crippen LogP contribution in [0.2, 0.25) is 0 Å². The fraction of sp³-hybridized carbons (Fsp3) is 0.207. The van der Waals surface area contributed by atoms with Gasteiger partial charge in [0.05, 0.1) is 6.54 Å². The molecule has 4 rings (SSSR count). The zero-order valence-electron chi connectivity index (χ0n) is 19.4. The van der Waals surface area contributed by atoms with Crippen LogP contribution >= 0.6 is 0 Å². The van der Waals surface area contributed by atoms with Gasteiger partial charge >= 0.3 is 0 Å². The van der Waals surface area contributed by atoms with Crippen molar-refractivity contribution in [2.24, 2.45) is 0 Å². The third-order valence-corrected chi connectivity index (χ3v) is 5.85. The first kappa shape index (κ1) is 23.5. The van der Waals surface area contributed by atoms with Gasteiger partial charge in [-0.1, -0.05) is 54.6 Å². The molecule has 0 fully saturated rings. The van der Waals surface area contributed by atoms with E-state index in [4.69, 9.17) is 4.74 Å². The van der Waals surface area contributed by atoms with Gasteiger partial charge in [0.1, 0.15) is 5.82 Å². The Balaban J connectivity index is 1.51. The summed E-state index contributed by atoms with van der Waals surface area (Å²) in [6.45, 7) is 2.29. The van der Waals surface area contributed by atoms with Gasteiger partial charge in [-0.2, -0.15) is 0 Å². The van der Waals surface area contributed by atoms with Crippen LogP contribution in [0.5, 0.6) is 0 Å². The van der Waals surface area contributed by atoms with Crippen LogP contribution in [-0.4, -0.2) is 35.6 Å². The van der Waals surface area contributed by atoms with Crippen molar-refractivity contribution in [2.75, 3.05) is 20.3 Å². The van der Waals surface area contributed by atoms with E-state index in [-0.39, 0.29) is 11.7 Å². The van der Waals surface area contributed by atoms with E-state index in [1.807, 2.05) is 65.7 Å². The van der Waals surface area contributed by atoms with E-state index >= 15 is 0 Å². The van der Waals surface area contributed by atoms with Crippen molar-refractivity contribution in [2.45, 2.75) is 19.5 Å². The van der Waals surface area contributed by atoms with Crippen molar-refractivity contribution < 1.29 is 13.9 Å². The lowest BCUT2D eigenvalue weighted by Crippen LogP contribution is -2.33. The van der Waals surface area contributed by atoms with E-state index in [0.29, 0.717) is 31.8 Å². The van der Waals surface area contributed by atoms with Gasteiger partial charge in [-0.05, 0) is 59.5 Å². The molecule has 0 unspecified atom stereocenters. The molecular weight excluding hydrogens is 427 g/mol. The minimum Gasteiger partial charge on any atom is -0.385 e. The van der Waals surface area contributed by atoms with Crippen molar-refractivity contribution in [1.82, 2.24) is 9.47 Å². The second-order valence-electron chi connectivity index (χ2n) is 8.27. The molecule has 0 aliphatic rings. The zero-order valence-corrected chi connectivity index (χ0v) is 19.4. The third-order valence-electron chi connectivity index (χ3n) is 5.85. The van der Waals surface area contributed by atoms with Gasteiger partial charge in [0.2, 0.25) is 0 Å². The molecule has 4 aromatic rings. The van der Waals surface area contributed by atoms with Crippen LogP contribution in [-0.2, 0) is 17.8 Å². The minimum atomic E-state index is -0.246. The number of nitrogens with zero attached hydrogens (tertiary/aromatic N) is 2. The fourth-order valence-corrected chi connectivity index (χ4v) is 4.00. The second-order valence-corrected chi connectivity index (χ2v) is 8.27. The molecule has 0 saturated carbocycles. The number of ether oxygens (including phenoxy) is 1. The average Bonchev–Trinajstić information content (AvgIpc) is 3.31. The fourth-order valence-electron chi connectivity index (χ4n) is 4.00. The molecule has 0 radical (unpaired) electrons. The maximum atomic E-state index is 13.5. The Bertz CT molecular complexity index is 1190. The summed E-state index contributed by atoms with van der Waals surface area (Å²) < 4.78 is 20.6. The molecule has 34 heavy (non-hydrogen) atoms.